The lowest BCUT2D eigenvalue weighted by Gasteiger charge is -1.97. The molecule has 0 aliphatic heterocycles. The van der Waals surface area contributed by atoms with Crippen molar-refractivity contribution in [1.82, 2.24) is 15.0 Å². The molecule has 2 aromatic heterocycles. The zero-order chi connectivity index (χ0) is 9.59. The van der Waals surface area contributed by atoms with E-state index in [0.717, 1.165) is 17.2 Å². The van der Waals surface area contributed by atoms with Gasteiger partial charge in [-0.1, -0.05) is 0 Å². The zero-order valence-corrected chi connectivity index (χ0v) is 8.39. The van der Waals surface area contributed by atoms with E-state index in [-0.39, 0.29) is 0 Å². The number of aromatic amines is 1. The predicted octanol–water partition coefficient (Wildman–Crippen LogP) is 2.19. The van der Waals surface area contributed by atoms with Gasteiger partial charge in [0.15, 0.2) is 0 Å². The fraction of sp³-hybridized carbons (Fsp3) is 0.400. The Hall–Kier alpha value is -1.38. The van der Waals surface area contributed by atoms with Gasteiger partial charge in [-0.3, -0.25) is 0 Å². The van der Waals surface area contributed by atoms with Gasteiger partial charge in [0, 0.05) is 11.1 Å². The molecule has 1 N–H and O–H groups in total. The molecular formula is C10H13N3. The summed E-state index contributed by atoms with van der Waals surface area (Å²) >= 11 is 0. The second-order valence-electron chi connectivity index (χ2n) is 3.45. The SMILES string of the molecule is Cc1nc(C)c2c(C)c(C)[nH]c2n1. The molecule has 0 aliphatic carbocycles. The summed E-state index contributed by atoms with van der Waals surface area (Å²) in [4.78, 5) is 12.0. The van der Waals surface area contributed by atoms with Crippen LogP contribution < -0.4 is 0 Å². The molecule has 0 radical (unpaired) electrons. The van der Waals surface area contributed by atoms with E-state index in [1.165, 1.54) is 16.6 Å². The van der Waals surface area contributed by atoms with Crippen LogP contribution in [0.15, 0.2) is 0 Å². The van der Waals surface area contributed by atoms with Crippen LogP contribution in [0.5, 0.6) is 0 Å². The average molecular weight is 175 g/mol. The highest BCUT2D eigenvalue weighted by Gasteiger charge is 2.08. The Balaban J connectivity index is 2.94. The lowest BCUT2D eigenvalue weighted by atomic mass is 10.2. The first kappa shape index (κ1) is 8.23. The molecule has 2 heterocycles. The second-order valence-corrected chi connectivity index (χ2v) is 3.45. The largest absolute Gasteiger partial charge is 0.343 e. The van der Waals surface area contributed by atoms with Crippen LogP contribution in [0.25, 0.3) is 11.0 Å². The van der Waals surface area contributed by atoms with Gasteiger partial charge in [-0.2, -0.15) is 0 Å². The molecular weight excluding hydrogens is 162 g/mol. The van der Waals surface area contributed by atoms with E-state index in [1.54, 1.807) is 0 Å². The Kier molecular flexibility index (Phi) is 1.62. The summed E-state index contributed by atoms with van der Waals surface area (Å²) in [6, 6.07) is 0. The van der Waals surface area contributed by atoms with Crippen molar-refractivity contribution < 1.29 is 0 Å². The summed E-state index contributed by atoms with van der Waals surface area (Å²) in [6.07, 6.45) is 0. The number of nitrogens with one attached hydrogen (secondary N) is 1. The van der Waals surface area contributed by atoms with Gasteiger partial charge >= 0.3 is 0 Å². The third kappa shape index (κ3) is 1.11. The van der Waals surface area contributed by atoms with E-state index in [2.05, 4.69) is 28.8 Å². The van der Waals surface area contributed by atoms with Crippen LogP contribution >= 0.6 is 0 Å². The number of hydrogen-bond acceptors (Lipinski definition) is 2. The highest BCUT2D eigenvalue weighted by molar-refractivity contribution is 5.83. The Morgan fingerprint density at radius 1 is 1.00 bits per heavy atom. The van der Waals surface area contributed by atoms with Gasteiger partial charge in [0.25, 0.3) is 0 Å². The highest BCUT2D eigenvalue weighted by Crippen LogP contribution is 2.21. The lowest BCUT2D eigenvalue weighted by molar-refractivity contribution is 1.04. The third-order valence-corrected chi connectivity index (χ3v) is 2.45. The van der Waals surface area contributed by atoms with Crippen molar-refractivity contribution in [3.05, 3.63) is 22.8 Å². The van der Waals surface area contributed by atoms with E-state index in [9.17, 15) is 0 Å². The first-order valence-electron chi connectivity index (χ1n) is 4.39. The van der Waals surface area contributed by atoms with E-state index in [4.69, 9.17) is 0 Å². The molecule has 0 saturated carbocycles. The molecule has 0 saturated heterocycles. The van der Waals surface area contributed by atoms with E-state index < -0.39 is 0 Å². The van der Waals surface area contributed by atoms with Crippen molar-refractivity contribution in [1.29, 1.82) is 0 Å². The molecule has 2 aromatic rings. The Bertz CT molecular complexity index is 468. The standard InChI is InChI=1S/C10H13N3/c1-5-6(2)12-10-9(5)7(3)11-8(4)13-10/h1-4H3,(H,11,12,13). The number of hydrogen-bond donors (Lipinski definition) is 1. The minimum atomic E-state index is 0.825. The van der Waals surface area contributed by atoms with Crippen LogP contribution in [0.2, 0.25) is 0 Å². The summed E-state index contributed by atoms with van der Waals surface area (Å²) in [6.45, 7) is 8.10. The number of nitrogens with zero attached hydrogens (tertiary/aromatic N) is 2. The molecule has 0 bridgehead atoms. The minimum Gasteiger partial charge on any atom is -0.343 e. The summed E-state index contributed by atoms with van der Waals surface area (Å²) in [5.41, 5.74) is 4.45. The molecule has 13 heavy (non-hydrogen) atoms. The molecule has 0 amide bonds. The lowest BCUT2D eigenvalue weighted by Crippen LogP contribution is -1.91. The van der Waals surface area contributed by atoms with Crippen LogP contribution in [0.3, 0.4) is 0 Å². The molecule has 3 nitrogen and oxygen atoms in total. The average Bonchev–Trinajstić information content (AvgIpc) is 2.27. The maximum absolute atomic E-state index is 4.35. The number of aromatic nitrogens is 3. The Morgan fingerprint density at radius 3 is 2.38 bits per heavy atom. The van der Waals surface area contributed by atoms with Gasteiger partial charge < -0.3 is 4.98 Å². The summed E-state index contributed by atoms with van der Waals surface area (Å²) in [5, 5.41) is 1.17. The van der Waals surface area contributed by atoms with E-state index >= 15 is 0 Å². The molecule has 2 rings (SSSR count). The van der Waals surface area contributed by atoms with E-state index in [1.807, 2.05) is 13.8 Å². The maximum atomic E-state index is 4.35. The Morgan fingerprint density at radius 2 is 1.69 bits per heavy atom. The van der Waals surface area contributed by atoms with Crippen molar-refractivity contribution in [3.8, 4) is 0 Å². The molecule has 0 spiro atoms. The van der Waals surface area contributed by atoms with Gasteiger partial charge in [-0.15, -0.1) is 0 Å². The topological polar surface area (TPSA) is 41.6 Å². The van der Waals surface area contributed by atoms with Crippen molar-refractivity contribution in [2.45, 2.75) is 27.7 Å². The van der Waals surface area contributed by atoms with Crippen molar-refractivity contribution in [2.24, 2.45) is 0 Å². The third-order valence-electron chi connectivity index (χ3n) is 2.45. The molecule has 3 heteroatoms. The van der Waals surface area contributed by atoms with Crippen LogP contribution in [-0.4, -0.2) is 15.0 Å². The van der Waals surface area contributed by atoms with Gasteiger partial charge in [-0.05, 0) is 33.3 Å². The summed E-state index contributed by atoms with van der Waals surface area (Å²) in [7, 11) is 0. The molecule has 0 unspecified atom stereocenters. The van der Waals surface area contributed by atoms with Crippen LogP contribution in [0.4, 0.5) is 0 Å². The second kappa shape index (κ2) is 2.55. The molecule has 0 aliphatic rings. The quantitative estimate of drug-likeness (QED) is 0.666. The maximum Gasteiger partial charge on any atom is 0.141 e. The van der Waals surface area contributed by atoms with Crippen molar-refractivity contribution in [2.75, 3.05) is 0 Å². The first-order chi connectivity index (χ1) is 6.09. The first-order valence-corrected chi connectivity index (χ1v) is 4.39. The van der Waals surface area contributed by atoms with Crippen LogP contribution in [0, 0.1) is 27.7 Å². The molecule has 0 atom stereocenters. The number of aryl methyl sites for hydroxylation is 4. The van der Waals surface area contributed by atoms with Crippen molar-refractivity contribution in [3.63, 3.8) is 0 Å². The fourth-order valence-corrected chi connectivity index (χ4v) is 1.71. The Labute approximate surface area is 77.2 Å². The fourth-order valence-electron chi connectivity index (χ4n) is 1.71. The monoisotopic (exact) mass is 175 g/mol. The predicted molar refractivity (Wildman–Crippen MR) is 52.8 cm³/mol. The molecule has 68 valence electrons. The normalized spacial score (nSPS) is 11.1. The molecule has 0 aromatic carbocycles. The number of H-pyrrole nitrogens is 1. The van der Waals surface area contributed by atoms with Gasteiger partial charge in [0.1, 0.15) is 11.5 Å². The smallest absolute Gasteiger partial charge is 0.141 e. The highest BCUT2D eigenvalue weighted by atomic mass is 14.9. The van der Waals surface area contributed by atoms with Crippen molar-refractivity contribution >= 4 is 11.0 Å². The molecule has 0 fully saturated rings. The van der Waals surface area contributed by atoms with E-state index in [0.29, 0.717) is 0 Å². The summed E-state index contributed by atoms with van der Waals surface area (Å²) < 4.78 is 0. The van der Waals surface area contributed by atoms with Gasteiger partial charge in [0.2, 0.25) is 0 Å². The van der Waals surface area contributed by atoms with Crippen LogP contribution in [-0.2, 0) is 0 Å². The van der Waals surface area contributed by atoms with Crippen LogP contribution in [0.1, 0.15) is 22.8 Å². The zero-order valence-electron chi connectivity index (χ0n) is 8.39. The summed E-state index contributed by atoms with van der Waals surface area (Å²) in [5.74, 6) is 0.825. The van der Waals surface area contributed by atoms with Gasteiger partial charge in [0.05, 0.1) is 5.69 Å². The number of fused-ring (bicyclic) bond motifs is 1. The van der Waals surface area contributed by atoms with Gasteiger partial charge in [-0.25, -0.2) is 9.97 Å². The number of rotatable bonds is 0. The minimum absolute atomic E-state index is 0.825.